The lowest BCUT2D eigenvalue weighted by atomic mass is 10.1. The maximum Gasteiger partial charge on any atom is 0.452 e. The minimum Gasteiger partial charge on any atom is -0.357 e. The fourth-order valence-electron chi connectivity index (χ4n) is 11.4. The van der Waals surface area contributed by atoms with Crippen LogP contribution in [-0.4, -0.2) is 193 Å². The Morgan fingerprint density at radius 2 is 1.12 bits per heavy atom. The van der Waals surface area contributed by atoms with Crippen LogP contribution in [0.25, 0.3) is 0 Å². The normalized spacial score (nSPS) is 26.7. The molecule has 5 unspecified atom stereocenters. The topological polar surface area (TPSA) is 200 Å². The van der Waals surface area contributed by atoms with Crippen LogP contribution in [-0.2, 0) is 41.9 Å². The van der Waals surface area contributed by atoms with E-state index in [9.17, 15) is 77.1 Å². The molecule has 4 amide bonds. The number of fused-ring (bicyclic) bond motifs is 4. The zero-order valence-electron chi connectivity index (χ0n) is 41.1. The average molecular weight is 1100 g/mol. The van der Waals surface area contributed by atoms with E-state index in [2.05, 4.69) is 5.32 Å². The first-order valence-electron chi connectivity index (χ1n) is 24.9. The van der Waals surface area contributed by atoms with Crippen LogP contribution in [0.15, 0.2) is 48.5 Å². The highest BCUT2D eigenvalue weighted by Gasteiger charge is 2.59. The van der Waals surface area contributed by atoms with E-state index in [1.165, 1.54) is 24.3 Å². The van der Waals surface area contributed by atoms with Gasteiger partial charge in [0.1, 0.15) is 11.6 Å². The standard InChI is InChI=1S/C22H25F4N3O3.C21H24F4N4O3.C6H10F3NO2/c1-13(20(31)28-7-3-6-17(28)19(30)22(24,25)26)10-27-12-16-9-18(27)21(32)29(16)11-14-4-2-5-15(23)8-14;22-13-4-1-3-12(7-13)9-29-14-8-17(20(29)32)27(10-14)11-15(26)19(31)28-6-2-5-16(28)18(30)21(23,24)25;7-6(8,9)5(11,12)4-2-1-3-10-4/h2,4-5,8,13,16-18H,3,6-7,9-12H2,1H3;1,3-4,7,14-17H,2,5-6,8-11,26H2;4,10-12H,1-3H2/t13-,16-,17?,18?;14-,15-,16?,17?;/m00./s1. The molecule has 2 aromatic carbocycles. The number of Topliss-reactive ketones (excluding diaryl/α,β-unsaturated/α-hetero) is 2. The summed E-state index contributed by atoms with van der Waals surface area (Å²) in [4.78, 5) is 83.6. The summed E-state index contributed by atoms with van der Waals surface area (Å²) in [6.07, 6.45) is -12.5. The molecule has 7 fully saturated rings. The van der Waals surface area contributed by atoms with E-state index in [1.54, 1.807) is 45.9 Å². The van der Waals surface area contributed by atoms with Crippen molar-refractivity contribution < 1.29 is 87.3 Å². The van der Waals surface area contributed by atoms with Gasteiger partial charge in [-0.25, -0.2) is 8.78 Å². The second-order valence-electron chi connectivity index (χ2n) is 20.4. The van der Waals surface area contributed by atoms with Gasteiger partial charge in [-0.3, -0.25) is 38.6 Å². The fourth-order valence-corrected chi connectivity index (χ4v) is 11.4. The summed E-state index contributed by atoms with van der Waals surface area (Å²) in [6.45, 7) is 4.06. The quantitative estimate of drug-likeness (QED) is 0.169. The number of nitrogens with one attached hydrogen (secondary N) is 1. The van der Waals surface area contributed by atoms with Gasteiger partial charge in [0.05, 0.1) is 36.3 Å². The Labute approximate surface area is 429 Å². The van der Waals surface area contributed by atoms with E-state index in [0.29, 0.717) is 69.4 Å². The first kappa shape index (κ1) is 58.3. The summed E-state index contributed by atoms with van der Waals surface area (Å²) in [7, 11) is 0. The highest BCUT2D eigenvalue weighted by molar-refractivity contribution is 5.95. The molecule has 0 aliphatic carbocycles. The molecule has 5 N–H and O–H groups in total. The first-order valence-corrected chi connectivity index (χ1v) is 24.9. The maximum absolute atomic E-state index is 13.4. The van der Waals surface area contributed by atoms with E-state index in [0.717, 1.165) is 9.80 Å². The van der Waals surface area contributed by atoms with E-state index in [4.69, 9.17) is 15.9 Å². The number of carbonyl (C=O) groups is 6. The number of amides is 4. The summed E-state index contributed by atoms with van der Waals surface area (Å²) in [5.41, 5.74) is 7.39. The Balaban J connectivity index is 0.000000182. The van der Waals surface area contributed by atoms with Crippen LogP contribution in [0, 0.1) is 17.6 Å². The molecule has 7 aliphatic rings. The third kappa shape index (κ3) is 12.8. The average Bonchev–Trinajstić information content (AvgIpc) is 4.23. The number of hydrogen-bond donors (Lipinski definition) is 4. The molecule has 76 heavy (non-hydrogen) atoms. The van der Waals surface area contributed by atoms with Crippen molar-refractivity contribution in [1.82, 2.24) is 34.7 Å². The van der Waals surface area contributed by atoms with Gasteiger partial charge in [-0.1, -0.05) is 31.2 Å². The molecule has 9 rings (SSSR count). The van der Waals surface area contributed by atoms with Crippen molar-refractivity contribution in [3.8, 4) is 0 Å². The molecular formula is C49H59F11N8O8. The SMILES string of the molecule is C[C@@H](CN1C[C@@H]2CC1C(=O)N2Cc1cccc(F)c1)C(=O)N1CCCC1C(=O)C(F)(F)F.N[C@@H](CN1C[C@@H]2CC1C(=O)N2Cc1cccc(F)c1)C(=O)N1CCCC1C(=O)C(F)(F)F.OC(O)(C1CCCN1)C(F)(F)F. The number of ketones is 2. The number of halogens is 11. The molecular weight excluding hydrogens is 1040 g/mol. The molecule has 7 saturated heterocycles. The predicted molar refractivity (Wildman–Crippen MR) is 244 cm³/mol. The highest BCUT2D eigenvalue weighted by Crippen LogP contribution is 2.37. The number of nitrogens with two attached hydrogens (primary N) is 1. The van der Waals surface area contributed by atoms with Gasteiger partial charge in [0.2, 0.25) is 23.6 Å². The van der Waals surface area contributed by atoms with Crippen molar-refractivity contribution in [2.75, 3.05) is 45.8 Å². The Kier molecular flexibility index (Phi) is 17.6. The molecule has 2 aromatic rings. The van der Waals surface area contributed by atoms with Crippen molar-refractivity contribution >= 4 is 35.2 Å². The molecule has 0 spiro atoms. The fraction of sp³-hybridized carbons (Fsp3) is 0.633. The summed E-state index contributed by atoms with van der Waals surface area (Å²) >= 11 is 0. The molecule has 0 saturated carbocycles. The number of hydrogen-bond acceptors (Lipinski definition) is 12. The smallest absolute Gasteiger partial charge is 0.357 e. The molecule has 16 nitrogen and oxygen atoms in total. The number of likely N-dealkylation sites (tertiary alicyclic amines) is 6. The Morgan fingerprint density at radius 3 is 1.51 bits per heavy atom. The van der Waals surface area contributed by atoms with E-state index < -0.39 is 89.9 Å². The van der Waals surface area contributed by atoms with Gasteiger partial charge >= 0.3 is 18.5 Å². The number of alkyl halides is 9. The minimum absolute atomic E-state index is 0.0126. The molecule has 27 heteroatoms. The van der Waals surface area contributed by atoms with Gasteiger partial charge in [-0.05, 0) is 93.3 Å². The van der Waals surface area contributed by atoms with E-state index in [-0.39, 0.29) is 87.5 Å². The van der Waals surface area contributed by atoms with Gasteiger partial charge in [0, 0.05) is 70.4 Å². The second-order valence-corrected chi connectivity index (χ2v) is 20.4. The molecule has 420 valence electrons. The van der Waals surface area contributed by atoms with Crippen molar-refractivity contribution in [2.45, 2.75) is 144 Å². The first-order chi connectivity index (χ1) is 35.5. The van der Waals surface area contributed by atoms with E-state index >= 15 is 0 Å². The van der Waals surface area contributed by atoms with Crippen LogP contribution in [0.1, 0.15) is 69.4 Å². The van der Waals surface area contributed by atoms with Crippen LogP contribution in [0.4, 0.5) is 48.3 Å². The van der Waals surface area contributed by atoms with Crippen molar-refractivity contribution in [2.24, 2.45) is 11.7 Å². The molecule has 4 bridgehead atoms. The number of rotatable bonds is 13. The van der Waals surface area contributed by atoms with Crippen LogP contribution in [0.2, 0.25) is 0 Å². The summed E-state index contributed by atoms with van der Waals surface area (Å²) < 4.78 is 140. The summed E-state index contributed by atoms with van der Waals surface area (Å²) in [6, 6.07) is 5.67. The van der Waals surface area contributed by atoms with Gasteiger partial charge in [-0.2, -0.15) is 39.5 Å². The monoisotopic (exact) mass is 1100 g/mol. The largest absolute Gasteiger partial charge is 0.452 e. The van der Waals surface area contributed by atoms with Crippen molar-refractivity contribution in [3.63, 3.8) is 0 Å². The molecule has 7 heterocycles. The van der Waals surface area contributed by atoms with Gasteiger partial charge < -0.3 is 40.9 Å². The summed E-state index contributed by atoms with van der Waals surface area (Å²) in [5, 5.41) is 19.8. The number of benzene rings is 2. The van der Waals surface area contributed by atoms with Crippen molar-refractivity contribution in [3.05, 3.63) is 71.3 Å². The highest BCUT2D eigenvalue weighted by atomic mass is 19.4. The Morgan fingerprint density at radius 1 is 0.671 bits per heavy atom. The van der Waals surface area contributed by atoms with Gasteiger partial charge in [-0.15, -0.1) is 0 Å². The lowest BCUT2D eigenvalue weighted by Gasteiger charge is -2.36. The van der Waals surface area contributed by atoms with Gasteiger partial charge in [0.15, 0.2) is 0 Å². The molecule has 0 aromatic heterocycles. The zero-order valence-corrected chi connectivity index (χ0v) is 41.1. The van der Waals surface area contributed by atoms with Gasteiger partial charge in [0.25, 0.3) is 17.4 Å². The second kappa shape index (κ2) is 22.9. The van der Waals surface area contributed by atoms with Crippen LogP contribution in [0.3, 0.4) is 0 Å². The van der Waals surface area contributed by atoms with Crippen LogP contribution >= 0.6 is 0 Å². The lowest BCUT2D eigenvalue weighted by Crippen LogP contribution is -2.57. The molecule has 7 aliphatic heterocycles. The molecule has 0 radical (unpaired) electrons. The predicted octanol–water partition coefficient (Wildman–Crippen LogP) is 3.41. The third-order valence-corrected chi connectivity index (χ3v) is 15.1. The lowest BCUT2D eigenvalue weighted by molar-refractivity contribution is -0.358. The number of carbonyl (C=O) groups excluding carboxylic acids is 6. The van der Waals surface area contributed by atoms with E-state index in [1.807, 2.05) is 4.90 Å². The van der Waals surface area contributed by atoms with Crippen LogP contribution < -0.4 is 11.1 Å². The minimum atomic E-state index is -5.01. The van der Waals surface area contributed by atoms with Crippen molar-refractivity contribution in [1.29, 1.82) is 0 Å². The van der Waals surface area contributed by atoms with Crippen LogP contribution in [0.5, 0.6) is 0 Å². The molecule has 9 atom stereocenters. The maximum atomic E-state index is 13.4. The Bertz CT molecular complexity index is 2330. The number of nitrogens with zero attached hydrogens (tertiary/aromatic N) is 6. The summed E-state index contributed by atoms with van der Waals surface area (Å²) in [5.74, 6) is -10.2. The third-order valence-electron chi connectivity index (χ3n) is 15.1. The zero-order chi connectivity index (χ0) is 55.8. The number of piperazine rings is 2. The Hall–Kier alpha value is -5.35. The number of aliphatic hydroxyl groups is 2.